The van der Waals surface area contributed by atoms with Crippen LogP contribution in [0.1, 0.15) is 22.8 Å². The zero-order valence-corrected chi connectivity index (χ0v) is 20.3. The Morgan fingerprint density at radius 2 is 1.72 bits per heavy atom. The van der Waals surface area contributed by atoms with Crippen LogP contribution in [0.2, 0.25) is 10.2 Å². The first kappa shape index (κ1) is 25.0. The third-order valence-corrected chi connectivity index (χ3v) is 5.56. The normalized spacial score (nSPS) is 11.5. The van der Waals surface area contributed by atoms with Gasteiger partial charge < -0.3 is 9.84 Å². The van der Waals surface area contributed by atoms with Crippen LogP contribution >= 0.6 is 23.2 Å². The number of ether oxygens (including phenoxy) is 1. The number of aromatic nitrogens is 4. The summed E-state index contributed by atoms with van der Waals surface area (Å²) in [6.07, 6.45) is 0. The lowest BCUT2D eigenvalue weighted by Gasteiger charge is -2.10. The molecule has 0 unspecified atom stereocenters. The molecule has 0 saturated heterocycles. The molecule has 0 amide bonds. The van der Waals surface area contributed by atoms with Crippen molar-refractivity contribution in [2.45, 2.75) is 20.0 Å². The number of aromatic carboxylic acids is 1. The molecule has 2 aromatic heterocycles. The van der Waals surface area contributed by atoms with Gasteiger partial charge in [-0.15, -0.1) is 0 Å². The molecule has 0 saturated carbocycles. The lowest BCUT2D eigenvalue weighted by molar-refractivity contribution is 0.0693. The first-order chi connectivity index (χ1) is 17.2. The maximum Gasteiger partial charge on any atom is 0.341 e. The summed E-state index contributed by atoms with van der Waals surface area (Å²) < 4.78 is 8.02. The van der Waals surface area contributed by atoms with Gasteiger partial charge in [0.05, 0.1) is 12.2 Å². The Kier molecular flexibility index (Phi) is 7.37. The second-order valence-electron chi connectivity index (χ2n) is 7.49. The monoisotopic (exact) mass is 527 g/mol. The average Bonchev–Trinajstić information content (AvgIpc) is 2.84. The van der Waals surface area contributed by atoms with E-state index in [0.717, 1.165) is 10.1 Å². The fraction of sp³-hybridized carbons (Fsp3) is 0.125. The van der Waals surface area contributed by atoms with E-state index in [-0.39, 0.29) is 41.1 Å². The number of hydrogen-bond donors (Lipinski definition) is 2. The van der Waals surface area contributed by atoms with Crippen molar-refractivity contribution in [1.29, 1.82) is 0 Å². The highest BCUT2D eigenvalue weighted by Gasteiger charge is 2.14. The Hall–Kier alpha value is -4.15. The van der Waals surface area contributed by atoms with Crippen LogP contribution in [0.25, 0.3) is 0 Å². The van der Waals surface area contributed by atoms with Crippen molar-refractivity contribution >= 4 is 34.9 Å². The third kappa shape index (κ3) is 5.56. The minimum Gasteiger partial charge on any atom is -0.477 e. The predicted octanol–water partition coefficient (Wildman–Crippen LogP) is 3.83. The van der Waals surface area contributed by atoms with Gasteiger partial charge in [-0.2, -0.15) is 0 Å². The largest absolute Gasteiger partial charge is 0.477 e. The minimum absolute atomic E-state index is 0.0583. The van der Waals surface area contributed by atoms with E-state index in [1.54, 1.807) is 55.5 Å². The zero-order chi connectivity index (χ0) is 25.8. The summed E-state index contributed by atoms with van der Waals surface area (Å²) in [5.74, 6) is -1.08. The van der Waals surface area contributed by atoms with Gasteiger partial charge in [-0.25, -0.2) is 28.9 Å². The number of pyridine rings is 1. The molecule has 0 spiro atoms. The Bertz CT molecular complexity index is 1610. The maximum atomic E-state index is 13.0. The zero-order valence-electron chi connectivity index (χ0n) is 18.8. The van der Waals surface area contributed by atoms with Crippen molar-refractivity contribution in [3.8, 4) is 11.6 Å². The number of benzene rings is 2. The van der Waals surface area contributed by atoms with Gasteiger partial charge in [0.1, 0.15) is 16.5 Å². The maximum absolute atomic E-state index is 13.0. The molecule has 0 bridgehead atoms. The summed E-state index contributed by atoms with van der Waals surface area (Å²) in [5.41, 5.74) is 0.0204. The Morgan fingerprint density at radius 1 is 1.03 bits per heavy atom. The molecular weight excluding hydrogens is 509 g/mol. The highest BCUT2D eigenvalue weighted by atomic mass is 35.5. The molecule has 4 rings (SSSR count). The number of rotatable bonds is 7. The SMILES string of the molecule is CCn1c(=O)[nH]/c(=N\c2ccc(Oc3nc(Cl)ccc3C(=O)O)cc2)n(Cc2ccc(Cl)cc2)c1=O. The van der Waals surface area contributed by atoms with Crippen molar-refractivity contribution < 1.29 is 14.6 Å². The van der Waals surface area contributed by atoms with Crippen molar-refractivity contribution in [2.75, 3.05) is 0 Å². The Balaban J connectivity index is 1.71. The van der Waals surface area contributed by atoms with E-state index < -0.39 is 17.3 Å². The van der Waals surface area contributed by atoms with Crippen LogP contribution in [-0.2, 0) is 13.1 Å². The van der Waals surface area contributed by atoms with Gasteiger partial charge in [0.15, 0.2) is 0 Å². The van der Waals surface area contributed by atoms with Crippen molar-refractivity contribution in [3.63, 3.8) is 0 Å². The Labute approximate surface area is 213 Å². The summed E-state index contributed by atoms with van der Waals surface area (Å²) in [7, 11) is 0. The molecule has 0 fully saturated rings. The summed E-state index contributed by atoms with van der Waals surface area (Å²) in [5, 5.41) is 9.97. The molecule has 2 N–H and O–H groups in total. The summed E-state index contributed by atoms with van der Waals surface area (Å²) in [6.45, 7) is 2.05. The number of H-pyrrole nitrogens is 1. The molecule has 0 aliphatic rings. The van der Waals surface area contributed by atoms with E-state index in [2.05, 4.69) is 15.0 Å². The predicted molar refractivity (Wildman–Crippen MR) is 133 cm³/mol. The first-order valence-corrected chi connectivity index (χ1v) is 11.4. The molecule has 2 heterocycles. The molecule has 36 heavy (non-hydrogen) atoms. The molecule has 0 aliphatic carbocycles. The van der Waals surface area contributed by atoms with Gasteiger partial charge in [-0.05, 0) is 61.0 Å². The van der Waals surface area contributed by atoms with E-state index in [4.69, 9.17) is 27.9 Å². The number of carbonyl (C=O) groups is 1. The number of carboxylic acid groups (broad SMARTS) is 1. The van der Waals surface area contributed by atoms with Gasteiger partial charge in [-0.3, -0.25) is 9.55 Å². The quantitative estimate of drug-likeness (QED) is 0.351. The molecule has 12 heteroatoms. The van der Waals surface area contributed by atoms with E-state index in [1.165, 1.54) is 16.7 Å². The topological polar surface area (TPSA) is 132 Å². The van der Waals surface area contributed by atoms with Gasteiger partial charge in [0.2, 0.25) is 11.5 Å². The van der Waals surface area contributed by atoms with Crippen LogP contribution < -0.4 is 21.7 Å². The standard InChI is InChI=1S/C24H19Cl2N5O5/c1-2-30-23(34)29-22(31(24(30)35)13-14-3-5-15(25)6-4-14)27-16-7-9-17(10-8-16)36-20-18(21(32)33)11-12-19(26)28-20/h3-12H,2,13H2,1H3,(H,32,33)(H,27,29,34). The molecule has 2 aromatic carbocycles. The van der Waals surface area contributed by atoms with E-state index in [1.807, 2.05) is 0 Å². The smallest absolute Gasteiger partial charge is 0.341 e. The van der Waals surface area contributed by atoms with Gasteiger partial charge in [0.25, 0.3) is 0 Å². The van der Waals surface area contributed by atoms with Crippen LogP contribution in [0.3, 0.4) is 0 Å². The molecule has 0 atom stereocenters. The molecular formula is C24H19Cl2N5O5. The van der Waals surface area contributed by atoms with Gasteiger partial charge in [-0.1, -0.05) is 35.3 Å². The van der Waals surface area contributed by atoms with Crippen molar-refractivity contribution in [3.05, 3.63) is 109 Å². The lowest BCUT2D eigenvalue weighted by atomic mass is 10.2. The first-order valence-electron chi connectivity index (χ1n) is 10.7. The second kappa shape index (κ2) is 10.6. The fourth-order valence-corrected chi connectivity index (χ4v) is 3.58. The number of nitrogens with zero attached hydrogens (tertiary/aromatic N) is 4. The van der Waals surface area contributed by atoms with E-state index in [9.17, 15) is 19.5 Å². The van der Waals surface area contributed by atoms with Crippen LogP contribution in [0.4, 0.5) is 5.69 Å². The van der Waals surface area contributed by atoms with Crippen molar-refractivity contribution in [2.24, 2.45) is 4.99 Å². The van der Waals surface area contributed by atoms with Crippen LogP contribution in [0.15, 0.2) is 75.2 Å². The molecule has 0 radical (unpaired) electrons. The molecule has 4 aromatic rings. The molecule has 10 nitrogen and oxygen atoms in total. The number of halogens is 2. The average molecular weight is 528 g/mol. The minimum atomic E-state index is -1.21. The number of nitrogens with one attached hydrogen (secondary N) is 1. The lowest BCUT2D eigenvalue weighted by Crippen LogP contribution is -2.49. The third-order valence-electron chi connectivity index (χ3n) is 5.09. The van der Waals surface area contributed by atoms with Crippen LogP contribution in [-0.4, -0.2) is 30.2 Å². The van der Waals surface area contributed by atoms with Crippen LogP contribution in [0, 0.1) is 0 Å². The van der Waals surface area contributed by atoms with Gasteiger partial charge in [0, 0.05) is 11.6 Å². The summed E-state index contributed by atoms with van der Waals surface area (Å²) in [4.78, 5) is 47.9. The van der Waals surface area contributed by atoms with Gasteiger partial charge >= 0.3 is 17.3 Å². The summed E-state index contributed by atoms with van der Waals surface area (Å²) >= 11 is 11.8. The van der Waals surface area contributed by atoms with Crippen LogP contribution in [0.5, 0.6) is 11.6 Å². The highest BCUT2D eigenvalue weighted by Crippen LogP contribution is 2.26. The number of hydrogen-bond acceptors (Lipinski definition) is 6. The Morgan fingerprint density at radius 3 is 2.36 bits per heavy atom. The van der Waals surface area contributed by atoms with E-state index >= 15 is 0 Å². The molecule has 184 valence electrons. The molecule has 0 aliphatic heterocycles. The summed E-state index contributed by atoms with van der Waals surface area (Å²) in [6, 6.07) is 15.9. The second-order valence-corrected chi connectivity index (χ2v) is 8.32. The fourth-order valence-electron chi connectivity index (χ4n) is 3.32. The van der Waals surface area contributed by atoms with E-state index in [0.29, 0.717) is 10.7 Å². The highest BCUT2D eigenvalue weighted by molar-refractivity contribution is 6.30. The number of carboxylic acids is 1. The van der Waals surface area contributed by atoms with Crippen molar-refractivity contribution in [1.82, 2.24) is 19.1 Å². The number of aromatic amines is 1.